The molecule has 126 valence electrons. The van der Waals surface area contributed by atoms with E-state index < -0.39 is 0 Å². The first-order valence-corrected chi connectivity index (χ1v) is 8.15. The molecule has 0 atom stereocenters. The molecule has 0 aliphatic carbocycles. The molecule has 2 N–H and O–H groups in total. The zero-order valence-electron chi connectivity index (χ0n) is 13.6. The van der Waals surface area contributed by atoms with Crippen molar-refractivity contribution >= 4 is 11.6 Å². The molecule has 1 aliphatic rings. The van der Waals surface area contributed by atoms with Crippen LogP contribution in [0.4, 0.5) is 5.69 Å². The first kappa shape index (κ1) is 16.6. The quantitative estimate of drug-likeness (QED) is 0.885. The van der Waals surface area contributed by atoms with Gasteiger partial charge < -0.3 is 15.2 Å². The van der Waals surface area contributed by atoms with Crippen molar-refractivity contribution in [1.29, 1.82) is 0 Å². The zero-order valence-corrected chi connectivity index (χ0v) is 13.6. The van der Waals surface area contributed by atoms with E-state index in [4.69, 9.17) is 4.74 Å². The Morgan fingerprint density at radius 3 is 2.62 bits per heavy atom. The highest BCUT2D eigenvalue weighted by molar-refractivity contribution is 6.04. The molecule has 1 saturated heterocycles. The van der Waals surface area contributed by atoms with E-state index in [9.17, 15) is 9.90 Å². The number of carbonyl (C=O) groups is 1. The lowest BCUT2D eigenvalue weighted by atomic mass is 10.1. The standard InChI is InChI=1S/C19H22N2O3/c22-14-16-4-2-6-18(12-16)20-19(23)17-5-1-3-15(11-17)13-21-7-9-24-10-8-21/h1-6,11-12,22H,7-10,13-14H2,(H,20,23). The molecular formula is C19H22N2O3. The summed E-state index contributed by atoms with van der Waals surface area (Å²) in [6.45, 7) is 4.15. The molecule has 2 aromatic rings. The molecular weight excluding hydrogens is 304 g/mol. The van der Waals surface area contributed by atoms with Crippen LogP contribution in [0.25, 0.3) is 0 Å². The average molecular weight is 326 g/mol. The van der Waals surface area contributed by atoms with E-state index in [-0.39, 0.29) is 12.5 Å². The average Bonchev–Trinajstić information content (AvgIpc) is 2.63. The maximum atomic E-state index is 12.5. The van der Waals surface area contributed by atoms with Gasteiger partial charge >= 0.3 is 0 Å². The second-order valence-electron chi connectivity index (χ2n) is 5.90. The lowest BCUT2D eigenvalue weighted by Crippen LogP contribution is -2.35. The first-order chi connectivity index (χ1) is 11.7. The molecule has 5 nitrogen and oxygen atoms in total. The third kappa shape index (κ3) is 4.41. The molecule has 1 heterocycles. The predicted molar refractivity (Wildman–Crippen MR) is 92.9 cm³/mol. The van der Waals surface area contributed by atoms with Gasteiger partial charge in [-0.2, -0.15) is 0 Å². The summed E-state index contributed by atoms with van der Waals surface area (Å²) in [7, 11) is 0. The van der Waals surface area contributed by atoms with E-state index >= 15 is 0 Å². The molecule has 0 aromatic heterocycles. The Morgan fingerprint density at radius 1 is 1.08 bits per heavy atom. The fourth-order valence-electron chi connectivity index (χ4n) is 2.78. The highest BCUT2D eigenvalue weighted by Crippen LogP contribution is 2.14. The maximum absolute atomic E-state index is 12.5. The summed E-state index contributed by atoms with van der Waals surface area (Å²) in [4.78, 5) is 14.8. The van der Waals surface area contributed by atoms with Crippen molar-refractivity contribution in [2.45, 2.75) is 13.2 Å². The molecule has 0 radical (unpaired) electrons. The van der Waals surface area contributed by atoms with E-state index in [1.807, 2.05) is 42.5 Å². The smallest absolute Gasteiger partial charge is 0.255 e. The molecule has 1 fully saturated rings. The summed E-state index contributed by atoms with van der Waals surface area (Å²) in [5.41, 5.74) is 3.21. The Balaban J connectivity index is 1.67. The van der Waals surface area contributed by atoms with Crippen molar-refractivity contribution in [3.05, 3.63) is 65.2 Å². The minimum atomic E-state index is -0.145. The minimum Gasteiger partial charge on any atom is -0.392 e. The summed E-state index contributed by atoms with van der Waals surface area (Å²) < 4.78 is 5.36. The third-order valence-corrected chi connectivity index (χ3v) is 4.07. The number of nitrogens with one attached hydrogen (secondary N) is 1. The lowest BCUT2D eigenvalue weighted by Gasteiger charge is -2.26. The van der Waals surface area contributed by atoms with E-state index in [1.165, 1.54) is 0 Å². The van der Waals surface area contributed by atoms with Crippen molar-refractivity contribution in [3.8, 4) is 0 Å². The minimum absolute atomic E-state index is 0.0429. The van der Waals surface area contributed by atoms with Gasteiger partial charge in [-0.25, -0.2) is 0 Å². The number of aliphatic hydroxyl groups is 1. The molecule has 0 bridgehead atoms. The van der Waals surface area contributed by atoms with Gasteiger partial charge in [-0.1, -0.05) is 24.3 Å². The monoisotopic (exact) mass is 326 g/mol. The van der Waals surface area contributed by atoms with Gasteiger partial charge in [0.15, 0.2) is 0 Å². The van der Waals surface area contributed by atoms with Crippen molar-refractivity contribution in [3.63, 3.8) is 0 Å². The summed E-state index contributed by atoms with van der Waals surface area (Å²) in [5, 5.41) is 12.1. The molecule has 5 heteroatoms. The molecule has 1 aliphatic heterocycles. The van der Waals surface area contributed by atoms with Gasteiger partial charge in [0.2, 0.25) is 0 Å². The molecule has 1 amide bonds. The van der Waals surface area contributed by atoms with E-state index in [2.05, 4.69) is 10.2 Å². The van der Waals surface area contributed by atoms with Crippen LogP contribution in [-0.4, -0.2) is 42.2 Å². The number of benzene rings is 2. The van der Waals surface area contributed by atoms with Crippen molar-refractivity contribution in [2.75, 3.05) is 31.6 Å². The van der Waals surface area contributed by atoms with Crippen LogP contribution >= 0.6 is 0 Å². The highest BCUT2D eigenvalue weighted by atomic mass is 16.5. The molecule has 3 rings (SSSR count). The van der Waals surface area contributed by atoms with Gasteiger partial charge in [-0.15, -0.1) is 0 Å². The molecule has 0 spiro atoms. The third-order valence-electron chi connectivity index (χ3n) is 4.07. The number of carbonyl (C=O) groups excluding carboxylic acids is 1. The number of ether oxygens (including phenoxy) is 1. The van der Waals surface area contributed by atoms with Gasteiger partial charge in [0.05, 0.1) is 19.8 Å². The van der Waals surface area contributed by atoms with Crippen LogP contribution in [0.1, 0.15) is 21.5 Å². The van der Waals surface area contributed by atoms with Crippen molar-refractivity contribution in [2.24, 2.45) is 0 Å². The Morgan fingerprint density at radius 2 is 1.83 bits per heavy atom. The van der Waals surface area contributed by atoms with Crippen LogP contribution in [0.15, 0.2) is 48.5 Å². The SMILES string of the molecule is O=C(Nc1cccc(CO)c1)c1cccc(CN2CCOCC2)c1. The Labute approximate surface area is 141 Å². The Hall–Kier alpha value is -2.21. The number of morpholine rings is 1. The van der Waals surface area contributed by atoms with Crippen LogP contribution in [0, 0.1) is 0 Å². The topological polar surface area (TPSA) is 61.8 Å². The summed E-state index contributed by atoms with van der Waals surface area (Å²) in [5.74, 6) is -0.145. The van der Waals surface area contributed by atoms with Gasteiger partial charge in [0, 0.05) is 30.9 Å². The van der Waals surface area contributed by atoms with E-state index in [1.54, 1.807) is 6.07 Å². The number of hydrogen-bond acceptors (Lipinski definition) is 4. The Kier molecular flexibility index (Phi) is 5.59. The van der Waals surface area contributed by atoms with Crippen LogP contribution in [0.5, 0.6) is 0 Å². The number of anilines is 1. The molecule has 24 heavy (non-hydrogen) atoms. The van der Waals surface area contributed by atoms with Crippen LogP contribution in [-0.2, 0) is 17.9 Å². The first-order valence-electron chi connectivity index (χ1n) is 8.15. The number of aliphatic hydroxyl groups excluding tert-OH is 1. The van der Waals surface area contributed by atoms with Gasteiger partial charge in [-0.05, 0) is 35.4 Å². The maximum Gasteiger partial charge on any atom is 0.255 e. The number of hydrogen-bond donors (Lipinski definition) is 2. The van der Waals surface area contributed by atoms with Crippen LogP contribution in [0.2, 0.25) is 0 Å². The second-order valence-corrected chi connectivity index (χ2v) is 5.90. The summed E-state index contributed by atoms with van der Waals surface area (Å²) >= 11 is 0. The van der Waals surface area contributed by atoms with Crippen LogP contribution < -0.4 is 5.32 Å². The molecule has 0 unspecified atom stereocenters. The zero-order chi connectivity index (χ0) is 16.8. The largest absolute Gasteiger partial charge is 0.392 e. The van der Waals surface area contributed by atoms with E-state index in [0.717, 1.165) is 44.0 Å². The van der Waals surface area contributed by atoms with E-state index in [0.29, 0.717) is 11.3 Å². The predicted octanol–water partition coefficient (Wildman–Crippen LogP) is 2.26. The highest BCUT2D eigenvalue weighted by Gasteiger charge is 2.12. The fraction of sp³-hybridized carbons (Fsp3) is 0.316. The Bertz CT molecular complexity index is 697. The van der Waals surface area contributed by atoms with Gasteiger partial charge in [-0.3, -0.25) is 9.69 Å². The second kappa shape index (κ2) is 8.06. The van der Waals surface area contributed by atoms with Crippen LogP contribution in [0.3, 0.4) is 0 Å². The number of amides is 1. The lowest BCUT2D eigenvalue weighted by molar-refractivity contribution is 0.0342. The summed E-state index contributed by atoms with van der Waals surface area (Å²) in [6, 6.07) is 14.9. The molecule has 0 saturated carbocycles. The number of nitrogens with zero attached hydrogens (tertiary/aromatic N) is 1. The van der Waals surface area contributed by atoms with Crippen molar-refractivity contribution < 1.29 is 14.6 Å². The van der Waals surface area contributed by atoms with Gasteiger partial charge in [0.25, 0.3) is 5.91 Å². The van der Waals surface area contributed by atoms with Crippen molar-refractivity contribution in [1.82, 2.24) is 4.90 Å². The van der Waals surface area contributed by atoms with Gasteiger partial charge in [0.1, 0.15) is 0 Å². The summed E-state index contributed by atoms with van der Waals surface area (Å²) in [6.07, 6.45) is 0. The normalized spacial score (nSPS) is 15.2. The number of rotatable bonds is 5. The molecule has 2 aromatic carbocycles. The fourth-order valence-corrected chi connectivity index (χ4v) is 2.78.